The Kier molecular flexibility index (Phi) is 5.70. The molecule has 4 heterocycles. The lowest BCUT2D eigenvalue weighted by atomic mass is 10.1. The quantitative estimate of drug-likeness (QED) is 0.492. The number of anilines is 1. The fraction of sp³-hybridized carbons (Fsp3) is 0.333. The van der Waals surface area contributed by atoms with Crippen molar-refractivity contribution < 1.29 is 0 Å². The van der Waals surface area contributed by atoms with E-state index >= 15 is 0 Å². The molecule has 1 fully saturated rings. The third-order valence-corrected chi connectivity index (χ3v) is 6.87. The van der Waals surface area contributed by atoms with E-state index in [2.05, 4.69) is 20.9 Å². The molecule has 8 nitrogen and oxygen atoms in total. The van der Waals surface area contributed by atoms with Crippen LogP contribution in [0.4, 0.5) is 5.82 Å². The van der Waals surface area contributed by atoms with Crippen LogP contribution in [0.3, 0.4) is 0 Å². The summed E-state index contributed by atoms with van der Waals surface area (Å²) in [5, 5.41) is 13.0. The van der Waals surface area contributed by atoms with Crippen molar-refractivity contribution in [3.8, 4) is 6.07 Å². The van der Waals surface area contributed by atoms with Gasteiger partial charge in [-0.2, -0.15) is 5.26 Å². The SMILES string of the molecule is Cc1nc(Cn2cnc3c(C#N)c(N4CCCC(N)C4)n(Cc4ccccc4)c3c2=O)cs1. The molecule has 1 unspecified atom stereocenters. The first-order valence-electron chi connectivity index (χ1n) is 11.0. The number of hydrogen-bond donors (Lipinski definition) is 1. The number of aromatic nitrogens is 4. The second-order valence-corrected chi connectivity index (χ2v) is 9.53. The zero-order valence-electron chi connectivity index (χ0n) is 18.4. The number of benzene rings is 1. The number of piperidine rings is 1. The van der Waals surface area contributed by atoms with Gasteiger partial charge in [-0.05, 0) is 25.3 Å². The Hall–Kier alpha value is -3.48. The molecule has 5 rings (SSSR count). The van der Waals surface area contributed by atoms with E-state index in [4.69, 9.17) is 5.73 Å². The lowest BCUT2D eigenvalue weighted by molar-refractivity contribution is 0.498. The molecular formula is C24H25N7OS. The fourth-order valence-corrected chi connectivity index (χ4v) is 5.18. The minimum Gasteiger partial charge on any atom is -0.355 e. The summed E-state index contributed by atoms with van der Waals surface area (Å²) < 4.78 is 3.53. The van der Waals surface area contributed by atoms with Crippen molar-refractivity contribution in [2.45, 2.75) is 38.9 Å². The Balaban J connectivity index is 1.71. The number of aryl methyl sites for hydroxylation is 1. The minimum absolute atomic E-state index is 0.0333. The van der Waals surface area contributed by atoms with Gasteiger partial charge in [-0.1, -0.05) is 30.3 Å². The van der Waals surface area contributed by atoms with Crippen LogP contribution in [0.1, 0.15) is 34.7 Å². The van der Waals surface area contributed by atoms with Gasteiger partial charge in [0.05, 0.1) is 23.6 Å². The number of nitrogens with two attached hydrogens (primary N) is 1. The molecule has 0 saturated carbocycles. The molecule has 2 N–H and O–H groups in total. The molecule has 1 aliphatic heterocycles. The van der Waals surface area contributed by atoms with Crippen LogP contribution in [0.25, 0.3) is 11.0 Å². The van der Waals surface area contributed by atoms with E-state index in [9.17, 15) is 10.1 Å². The van der Waals surface area contributed by atoms with Gasteiger partial charge in [0.25, 0.3) is 5.56 Å². The fourth-order valence-electron chi connectivity index (χ4n) is 4.57. The first kappa shape index (κ1) is 21.4. The molecule has 33 heavy (non-hydrogen) atoms. The van der Waals surface area contributed by atoms with E-state index in [0.29, 0.717) is 36.2 Å². The number of fused-ring (bicyclic) bond motifs is 1. The lowest BCUT2D eigenvalue weighted by Crippen LogP contribution is -2.44. The molecule has 0 radical (unpaired) electrons. The molecule has 168 valence electrons. The zero-order chi connectivity index (χ0) is 22.9. The van der Waals surface area contributed by atoms with E-state index in [1.54, 1.807) is 15.9 Å². The van der Waals surface area contributed by atoms with E-state index in [1.807, 2.05) is 47.2 Å². The Morgan fingerprint density at radius 1 is 1.27 bits per heavy atom. The Morgan fingerprint density at radius 2 is 2.09 bits per heavy atom. The summed E-state index contributed by atoms with van der Waals surface area (Å²) in [6, 6.07) is 12.3. The van der Waals surface area contributed by atoms with Gasteiger partial charge in [-0.25, -0.2) is 9.97 Å². The summed E-state index contributed by atoms with van der Waals surface area (Å²) in [5.74, 6) is 0.735. The summed E-state index contributed by atoms with van der Waals surface area (Å²) in [5.41, 5.74) is 9.29. The molecule has 0 spiro atoms. The Labute approximate surface area is 195 Å². The molecular weight excluding hydrogens is 434 g/mol. The van der Waals surface area contributed by atoms with Gasteiger partial charge in [0.15, 0.2) is 0 Å². The second-order valence-electron chi connectivity index (χ2n) is 8.46. The molecule has 1 saturated heterocycles. The standard InChI is InChI=1S/C24H25N7OS/c1-16-28-19(14-33-16)13-30-15-27-21-20(10-25)23(29-9-5-8-18(26)12-29)31(22(21)24(30)32)11-17-6-3-2-4-7-17/h2-4,6-7,14-15,18H,5,8-9,11-13,26H2,1H3. The van der Waals surface area contributed by atoms with Crippen LogP contribution in [0.5, 0.6) is 0 Å². The van der Waals surface area contributed by atoms with E-state index in [0.717, 1.165) is 41.5 Å². The molecule has 0 amide bonds. The van der Waals surface area contributed by atoms with E-state index in [1.165, 1.54) is 6.33 Å². The molecule has 1 atom stereocenters. The first-order valence-corrected chi connectivity index (χ1v) is 11.9. The highest BCUT2D eigenvalue weighted by atomic mass is 32.1. The highest BCUT2D eigenvalue weighted by molar-refractivity contribution is 7.09. The third kappa shape index (κ3) is 4.03. The van der Waals surface area contributed by atoms with Crippen LogP contribution in [0, 0.1) is 18.3 Å². The predicted molar refractivity (Wildman–Crippen MR) is 130 cm³/mol. The first-order chi connectivity index (χ1) is 16.0. The van der Waals surface area contributed by atoms with Crippen molar-refractivity contribution in [1.82, 2.24) is 19.1 Å². The monoisotopic (exact) mass is 459 g/mol. The van der Waals surface area contributed by atoms with E-state index < -0.39 is 0 Å². The van der Waals surface area contributed by atoms with Gasteiger partial charge in [0.1, 0.15) is 28.5 Å². The largest absolute Gasteiger partial charge is 0.355 e. The minimum atomic E-state index is -0.175. The maximum absolute atomic E-state index is 13.7. The van der Waals surface area contributed by atoms with Crippen molar-refractivity contribution in [3.63, 3.8) is 0 Å². The molecule has 3 aromatic heterocycles. The van der Waals surface area contributed by atoms with Crippen LogP contribution >= 0.6 is 11.3 Å². The van der Waals surface area contributed by atoms with Crippen molar-refractivity contribution >= 4 is 28.2 Å². The molecule has 9 heteroatoms. The maximum atomic E-state index is 13.7. The number of nitriles is 1. The maximum Gasteiger partial charge on any atom is 0.278 e. The predicted octanol–water partition coefficient (Wildman–Crippen LogP) is 2.86. The van der Waals surface area contributed by atoms with Gasteiger partial charge < -0.3 is 15.2 Å². The summed E-state index contributed by atoms with van der Waals surface area (Å²) in [4.78, 5) is 24.9. The van der Waals surface area contributed by atoms with Gasteiger partial charge in [0, 0.05) is 31.1 Å². The van der Waals surface area contributed by atoms with Gasteiger partial charge in [-0.3, -0.25) is 9.36 Å². The normalized spacial score (nSPS) is 16.3. The highest BCUT2D eigenvalue weighted by Crippen LogP contribution is 2.32. The molecule has 0 bridgehead atoms. The summed E-state index contributed by atoms with van der Waals surface area (Å²) in [6.45, 7) is 4.19. The van der Waals surface area contributed by atoms with Gasteiger partial charge >= 0.3 is 0 Å². The summed E-state index contributed by atoms with van der Waals surface area (Å²) in [7, 11) is 0. The van der Waals surface area contributed by atoms with Gasteiger partial charge in [-0.15, -0.1) is 11.3 Å². The average Bonchev–Trinajstić information content (AvgIpc) is 3.37. The molecule has 4 aromatic rings. The van der Waals surface area contributed by atoms with Crippen LogP contribution in [0.15, 0.2) is 46.8 Å². The van der Waals surface area contributed by atoms with Crippen LogP contribution in [-0.2, 0) is 13.1 Å². The van der Waals surface area contributed by atoms with Crippen molar-refractivity contribution in [3.05, 3.63) is 74.2 Å². The lowest BCUT2D eigenvalue weighted by Gasteiger charge is -2.33. The van der Waals surface area contributed by atoms with Crippen LogP contribution in [0.2, 0.25) is 0 Å². The molecule has 1 aliphatic rings. The molecule has 0 aliphatic carbocycles. The number of hydrogen-bond acceptors (Lipinski definition) is 7. The number of thiazole rings is 1. The Bertz CT molecular complexity index is 1400. The summed E-state index contributed by atoms with van der Waals surface area (Å²) in [6.07, 6.45) is 3.42. The van der Waals surface area contributed by atoms with Crippen LogP contribution in [-0.4, -0.2) is 38.2 Å². The number of nitrogens with zero attached hydrogens (tertiary/aromatic N) is 6. The smallest absolute Gasteiger partial charge is 0.278 e. The van der Waals surface area contributed by atoms with Gasteiger partial charge in [0.2, 0.25) is 0 Å². The second kappa shape index (κ2) is 8.81. The van der Waals surface area contributed by atoms with E-state index in [-0.39, 0.29) is 11.6 Å². The zero-order valence-corrected chi connectivity index (χ0v) is 19.3. The topological polar surface area (TPSA) is 106 Å². The average molecular weight is 460 g/mol. The third-order valence-electron chi connectivity index (χ3n) is 6.05. The highest BCUT2D eigenvalue weighted by Gasteiger charge is 2.28. The van der Waals surface area contributed by atoms with Crippen molar-refractivity contribution in [2.75, 3.05) is 18.0 Å². The molecule has 1 aromatic carbocycles. The van der Waals surface area contributed by atoms with Crippen molar-refractivity contribution in [1.29, 1.82) is 5.26 Å². The Morgan fingerprint density at radius 3 is 2.79 bits per heavy atom. The summed E-state index contributed by atoms with van der Waals surface area (Å²) >= 11 is 1.55. The number of rotatable bonds is 5. The van der Waals surface area contributed by atoms with Crippen LogP contribution < -0.4 is 16.2 Å². The van der Waals surface area contributed by atoms with Crippen molar-refractivity contribution in [2.24, 2.45) is 5.73 Å².